The minimum Gasteiger partial charge on any atom is -0.324 e. The topological polar surface area (TPSA) is 76.0 Å². The van der Waals surface area contributed by atoms with Gasteiger partial charge in [-0.25, -0.2) is 9.07 Å². The normalized spacial score (nSPS) is 15.7. The van der Waals surface area contributed by atoms with Crippen LogP contribution in [0.15, 0.2) is 48.5 Å². The Morgan fingerprint density at radius 2 is 1.89 bits per heavy atom. The molecule has 1 unspecified atom stereocenters. The van der Waals surface area contributed by atoms with Crippen molar-refractivity contribution in [3.8, 4) is 11.3 Å². The van der Waals surface area contributed by atoms with E-state index in [2.05, 4.69) is 15.7 Å². The number of aromatic nitrogens is 2. The highest BCUT2D eigenvalue weighted by molar-refractivity contribution is 6.30. The minimum atomic E-state index is -0.799. The van der Waals surface area contributed by atoms with Crippen molar-refractivity contribution < 1.29 is 14.0 Å². The first-order valence-corrected chi connectivity index (χ1v) is 9.01. The molecule has 4 rings (SSSR count). The number of benzene rings is 2. The highest BCUT2D eigenvalue weighted by Gasteiger charge is 2.34. The summed E-state index contributed by atoms with van der Waals surface area (Å²) in [5, 5.41) is 10.7. The Balaban J connectivity index is 1.69. The largest absolute Gasteiger partial charge is 0.324 e. The van der Waals surface area contributed by atoms with E-state index >= 15 is 0 Å². The first-order chi connectivity index (χ1) is 13.4. The van der Waals surface area contributed by atoms with Crippen LogP contribution in [0.4, 0.5) is 15.9 Å². The van der Waals surface area contributed by atoms with Gasteiger partial charge in [-0.2, -0.15) is 5.10 Å². The van der Waals surface area contributed by atoms with Crippen molar-refractivity contribution in [1.29, 1.82) is 0 Å². The van der Waals surface area contributed by atoms with Crippen LogP contribution in [-0.2, 0) is 9.59 Å². The van der Waals surface area contributed by atoms with E-state index < -0.39 is 6.04 Å². The van der Waals surface area contributed by atoms with Gasteiger partial charge < -0.3 is 10.6 Å². The van der Waals surface area contributed by atoms with Crippen LogP contribution in [-0.4, -0.2) is 21.6 Å². The second-order valence-electron chi connectivity index (χ2n) is 6.54. The van der Waals surface area contributed by atoms with Gasteiger partial charge in [0.25, 0.3) is 0 Å². The van der Waals surface area contributed by atoms with Crippen molar-refractivity contribution >= 4 is 34.9 Å². The van der Waals surface area contributed by atoms with Crippen molar-refractivity contribution in [2.75, 3.05) is 10.6 Å². The van der Waals surface area contributed by atoms with E-state index in [0.29, 0.717) is 33.3 Å². The van der Waals surface area contributed by atoms with Gasteiger partial charge in [-0.15, -0.1) is 0 Å². The van der Waals surface area contributed by atoms with Gasteiger partial charge in [-0.1, -0.05) is 11.6 Å². The lowest BCUT2D eigenvalue weighted by atomic mass is 10.1. The summed E-state index contributed by atoms with van der Waals surface area (Å²) in [5.74, 6) is -0.505. The molecule has 2 heterocycles. The molecule has 1 atom stereocenters. The highest BCUT2D eigenvalue weighted by atomic mass is 35.5. The van der Waals surface area contributed by atoms with Crippen molar-refractivity contribution in [3.05, 3.63) is 64.9 Å². The second kappa shape index (κ2) is 7.09. The summed E-state index contributed by atoms with van der Waals surface area (Å²) in [6, 6.07) is 11.8. The quantitative estimate of drug-likeness (QED) is 0.695. The van der Waals surface area contributed by atoms with Gasteiger partial charge in [-0.3, -0.25) is 9.59 Å². The Kier molecular flexibility index (Phi) is 4.60. The number of nitrogens with zero attached hydrogens (tertiary/aromatic N) is 2. The Morgan fingerprint density at radius 1 is 1.21 bits per heavy atom. The Labute approximate surface area is 165 Å². The molecule has 0 bridgehead atoms. The molecule has 142 valence electrons. The van der Waals surface area contributed by atoms with Crippen molar-refractivity contribution in [1.82, 2.24) is 9.78 Å². The first-order valence-electron chi connectivity index (χ1n) is 8.63. The number of nitrogens with one attached hydrogen (secondary N) is 2. The number of amides is 2. The van der Waals surface area contributed by atoms with Gasteiger partial charge >= 0.3 is 0 Å². The van der Waals surface area contributed by atoms with Crippen molar-refractivity contribution in [2.45, 2.75) is 19.4 Å². The maximum Gasteiger partial charge on any atom is 0.249 e. The van der Waals surface area contributed by atoms with Crippen LogP contribution in [0.2, 0.25) is 5.02 Å². The number of anilines is 2. The third kappa shape index (κ3) is 3.36. The fraction of sp³-hybridized carbons (Fsp3) is 0.150. The van der Waals surface area contributed by atoms with Crippen LogP contribution < -0.4 is 10.6 Å². The molecule has 1 aliphatic rings. The van der Waals surface area contributed by atoms with Crippen molar-refractivity contribution in [2.24, 2.45) is 0 Å². The average molecular weight is 399 g/mol. The third-order valence-electron chi connectivity index (χ3n) is 4.61. The lowest BCUT2D eigenvalue weighted by Gasteiger charge is -2.24. The Bertz CT molecular complexity index is 1060. The summed E-state index contributed by atoms with van der Waals surface area (Å²) in [6.07, 6.45) is -0.0313. The van der Waals surface area contributed by atoms with Gasteiger partial charge in [0.05, 0.1) is 12.1 Å². The van der Waals surface area contributed by atoms with Crippen LogP contribution in [0.1, 0.15) is 18.0 Å². The molecular formula is C20H16ClFN4O2. The number of rotatable bonds is 3. The zero-order valence-electron chi connectivity index (χ0n) is 14.9. The average Bonchev–Trinajstić information content (AvgIpc) is 3.00. The van der Waals surface area contributed by atoms with Crippen LogP contribution in [0.25, 0.3) is 11.3 Å². The summed E-state index contributed by atoms with van der Waals surface area (Å²) in [6.45, 7) is 1.80. The molecule has 0 radical (unpaired) electrons. The zero-order valence-corrected chi connectivity index (χ0v) is 15.6. The van der Waals surface area contributed by atoms with E-state index in [0.717, 1.165) is 0 Å². The van der Waals surface area contributed by atoms with Gasteiger partial charge in [0, 0.05) is 21.8 Å². The van der Waals surface area contributed by atoms with Crippen molar-refractivity contribution in [3.63, 3.8) is 0 Å². The molecule has 2 amide bonds. The summed E-state index contributed by atoms with van der Waals surface area (Å²) in [7, 11) is 0. The number of carbonyl (C=O) groups excluding carboxylic acids is 2. The van der Waals surface area contributed by atoms with Gasteiger partial charge in [-0.05, 0) is 55.5 Å². The lowest BCUT2D eigenvalue weighted by molar-refractivity contribution is -0.125. The fourth-order valence-electron chi connectivity index (χ4n) is 3.18. The molecular weight excluding hydrogens is 383 g/mol. The second-order valence-corrected chi connectivity index (χ2v) is 6.97. The fourth-order valence-corrected chi connectivity index (χ4v) is 3.31. The van der Waals surface area contributed by atoms with E-state index in [9.17, 15) is 14.0 Å². The number of fused-ring (bicyclic) bond motifs is 1. The summed E-state index contributed by atoms with van der Waals surface area (Å²) in [5.41, 5.74) is 2.57. The summed E-state index contributed by atoms with van der Waals surface area (Å²) >= 11 is 5.87. The summed E-state index contributed by atoms with van der Waals surface area (Å²) < 4.78 is 14.8. The van der Waals surface area contributed by atoms with Gasteiger partial charge in [0.15, 0.2) is 0 Å². The molecule has 6 nitrogen and oxygen atoms in total. The molecule has 0 aliphatic carbocycles. The highest BCUT2D eigenvalue weighted by Crippen LogP contribution is 2.34. The van der Waals surface area contributed by atoms with Gasteiger partial charge in [0.2, 0.25) is 11.8 Å². The Hall–Kier alpha value is -3.19. The third-order valence-corrected chi connectivity index (χ3v) is 4.86. The smallest absolute Gasteiger partial charge is 0.249 e. The number of hydrogen-bond donors (Lipinski definition) is 2. The monoisotopic (exact) mass is 398 g/mol. The predicted octanol–water partition coefficient (Wildman–Crippen LogP) is 4.17. The minimum absolute atomic E-state index is 0.0313. The van der Waals surface area contributed by atoms with E-state index in [4.69, 9.17) is 11.6 Å². The van der Waals surface area contributed by atoms with E-state index in [1.165, 1.54) is 16.8 Å². The molecule has 28 heavy (non-hydrogen) atoms. The molecule has 1 aliphatic heterocycles. The van der Waals surface area contributed by atoms with Crippen LogP contribution in [0, 0.1) is 12.7 Å². The molecule has 0 spiro atoms. The SMILES string of the molecule is Cc1c(-c2ccc(F)cc2)nn2c1NC(=O)CC2C(=O)Nc1ccc(Cl)cc1. The number of carbonyl (C=O) groups is 2. The zero-order chi connectivity index (χ0) is 19.8. The lowest BCUT2D eigenvalue weighted by Crippen LogP contribution is -2.35. The first kappa shape index (κ1) is 18.2. The molecule has 3 aromatic rings. The van der Waals surface area contributed by atoms with Crippen LogP contribution in [0.5, 0.6) is 0 Å². The molecule has 8 heteroatoms. The molecule has 0 saturated heterocycles. The maximum atomic E-state index is 13.2. The molecule has 2 aromatic carbocycles. The number of halogens is 2. The molecule has 0 saturated carbocycles. The number of hydrogen-bond acceptors (Lipinski definition) is 3. The molecule has 2 N–H and O–H groups in total. The van der Waals surface area contributed by atoms with E-state index in [1.54, 1.807) is 43.3 Å². The van der Waals surface area contributed by atoms with Crippen LogP contribution in [0.3, 0.4) is 0 Å². The molecule has 0 fully saturated rings. The Morgan fingerprint density at radius 3 is 2.57 bits per heavy atom. The van der Waals surface area contributed by atoms with E-state index in [1.807, 2.05) is 0 Å². The van der Waals surface area contributed by atoms with Gasteiger partial charge in [0.1, 0.15) is 17.7 Å². The molecule has 1 aromatic heterocycles. The standard InChI is InChI=1S/C20H16ClFN4O2/c1-11-18(12-2-6-14(22)7-3-12)25-26-16(10-17(27)24-19(11)26)20(28)23-15-8-4-13(21)5-9-15/h2-9,16H,10H2,1H3,(H,23,28)(H,24,27). The van der Waals surface area contributed by atoms with E-state index in [-0.39, 0.29) is 24.1 Å². The predicted molar refractivity (Wildman–Crippen MR) is 105 cm³/mol. The maximum absolute atomic E-state index is 13.2. The van der Waals surface area contributed by atoms with Crippen LogP contribution >= 0.6 is 11.6 Å². The summed E-state index contributed by atoms with van der Waals surface area (Å²) in [4.78, 5) is 25.0.